The molecule has 8 heteroatoms. The lowest BCUT2D eigenvalue weighted by Crippen LogP contribution is -1.95. The van der Waals surface area contributed by atoms with Crippen molar-refractivity contribution in [3.05, 3.63) is 91.7 Å². The standard InChI is InChI=1S/C26H15F4NOS2/c1-2-3-15-8-21(27)19(22(28)9-15)7-6-18-13-26-25(34-18)12-17(33-26)5-4-16-10-23(29)20(14-31-32)24(30)11-16/h8-14,32H,2-3H2,1H3/b31-14+. The summed E-state index contributed by atoms with van der Waals surface area (Å²) in [6, 6.07) is 8.39. The Kier molecular flexibility index (Phi) is 7.02. The van der Waals surface area contributed by atoms with Gasteiger partial charge in [0.05, 0.1) is 27.1 Å². The first-order valence-corrected chi connectivity index (χ1v) is 11.7. The van der Waals surface area contributed by atoms with Crippen molar-refractivity contribution in [3.63, 3.8) is 0 Å². The quantitative estimate of drug-likeness (QED) is 0.106. The summed E-state index contributed by atoms with van der Waals surface area (Å²) in [6.07, 6.45) is 2.07. The van der Waals surface area contributed by atoms with Crippen molar-refractivity contribution in [1.82, 2.24) is 0 Å². The molecule has 0 saturated heterocycles. The van der Waals surface area contributed by atoms with Gasteiger partial charge in [-0.05, 0) is 48.4 Å². The van der Waals surface area contributed by atoms with E-state index in [0.717, 1.165) is 28.0 Å². The molecule has 4 rings (SSSR count). The van der Waals surface area contributed by atoms with E-state index >= 15 is 0 Å². The maximum absolute atomic E-state index is 14.3. The SMILES string of the molecule is CCCc1cc(F)c(C#Cc2cc3sc(C#Cc4cc(F)c(/C=N/O)c(F)c4)cc3s2)c(F)c1. The molecule has 0 saturated carbocycles. The van der Waals surface area contributed by atoms with E-state index in [1.54, 1.807) is 0 Å². The highest BCUT2D eigenvalue weighted by Gasteiger charge is 2.11. The Bertz CT molecular complexity index is 1470. The van der Waals surface area contributed by atoms with Gasteiger partial charge in [0, 0.05) is 15.0 Å². The van der Waals surface area contributed by atoms with Crippen molar-refractivity contribution in [1.29, 1.82) is 0 Å². The minimum Gasteiger partial charge on any atom is -0.411 e. The van der Waals surface area contributed by atoms with Gasteiger partial charge in [0.25, 0.3) is 0 Å². The van der Waals surface area contributed by atoms with Gasteiger partial charge in [-0.1, -0.05) is 42.2 Å². The number of thiophene rings is 2. The van der Waals surface area contributed by atoms with Crippen molar-refractivity contribution < 1.29 is 22.8 Å². The molecule has 0 aliphatic carbocycles. The molecule has 0 bridgehead atoms. The van der Waals surface area contributed by atoms with Gasteiger partial charge in [0.1, 0.15) is 23.3 Å². The third-order valence-corrected chi connectivity index (χ3v) is 6.88. The molecule has 0 atom stereocenters. The fourth-order valence-corrected chi connectivity index (χ4v) is 5.34. The molecule has 0 unspecified atom stereocenters. The third kappa shape index (κ3) is 5.14. The number of aryl methyl sites for hydroxylation is 1. The van der Waals surface area contributed by atoms with Gasteiger partial charge in [-0.2, -0.15) is 0 Å². The molecule has 2 nitrogen and oxygen atoms in total. The number of rotatable bonds is 3. The average Bonchev–Trinajstić information content (AvgIpc) is 3.33. The van der Waals surface area contributed by atoms with E-state index < -0.39 is 28.8 Å². The van der Waals surface area contributed by atoms with E-state index in [9.17, 15) is 17.6 Å². The van der Waals surface area contributed by atoms with E-state index in [2.05, 4.69) is 28.8 Å². The van der Waals surface area contributed by atoms with Gasteiger partial charge >= 0.3 is 0 Å². The number of halogens is 4. The number of nitrogens with zero attached hydrogens (tertiary/aromatic N) is 1. The molecule has 170 valence electrons. The van der Waals surface area contributed by atoms with E-state index in [1.807, 2.05) is 19.1 Å². The van der Waals surface area contributed by atoms with Crippen molar-refractivity contribution in [2.45, 2.75) is 19.8 Å². The minimum absolute atomic E-state index is 0.141. The van der Waals surface area contributed by atoms with Crippen LogP contribution < -0.4 is 0 Å². The lowest BCUT2D eigenvalue weighted by atomic mass is 10.1. The first-order valence-electron chi connectivity index (χ1n) is 10.1. The molecule has 0 spiro atoms. The van der Waals surface area contributed by atoms with Gasteiger partial charge in [0.2, 0.25) is 0 Å². The van der Waals surface area contributed by atoms with Gasteiger partial charge in [-0.25, -0.2) is 17.6 Å². The zero-order valence-electron chi connectivity index (χ0n) is 17.7. The Hall–Kier alpha value is -3.59. The summed E-state index contributed by atoms with van der Waals surface area (Å²) in [6.45, 7) is 1.94. The van der Waals surface area contributed by atoms with Crippen LogP contribution in [0.4, 0.5) is 17.6 Å². The largest absolute Gasteiger partial charge is 0.411 e. The Balaban J connectivity index is 1.56. The molecule has 1 N–H and O–H groups in total. The van der Waals surface area contributed by atoms with Crippen molar-refractivity contribution >= 4 is 38.3 Å². The van der Waals surface area contributed by atoms with Crippen LogP contribution in [0.3, 0.4) is 0 Å². The number of hydrogen-bond donors (Lipinski definition) is 1. The minimum atomic E-state index is -0.884. The molecule has 4 aromatic rings. The zero-order chi connectivity index (χ0) is 24.2. The molecule has 0 aliphatic rings. The van der Waals surface area contributed by atoms with Crippen LogP contribution in [0.5, 0.6) is 0 Å². The van der Waals surface area contributed by atoms with Crippen LogP contribution in [-0.4, -0.2) is 11.4 Å². The topological polar surface area (TPSA) is 32.6 Å². The van der Waals surface area contributed by atoms with Gasteiger partial charge in [-0.3, -0.25) is 0 Å². The second-order valence-electron chi connectivity index (χ2n) is 7.23. The summed E-state index contributed by atoms with van der Waals surface area (Å²) in [5.41, 5.74) is 0.0464. The molecular weight excluding hydrogens is 482 g/mol. The normalized spacial score (nSPS) is 10.9. The zero-order valence-corrected chi connectivity index (χ0v) is 19.3. The van der Waals surface area contributed by atoms with Crippen LogP contribution in [-0.2, 0) is 6.42 Å². The molecule has 34 heavy (non-hydrogen) atoms. The predicted molar refractivity (Wildman–Crippen MR) is 128 cm³/mol. The monoisotopic (exact) mass is 497 g/mol. The van der Waals surface area contributed by atoms with Gasteiger partial charge in [-0.15, -0.1) is 22.7 Å². The fraction of sp³-hybridized carbons (Fsp3) is 0.115. The number of benzene rings is 2. The van der Waals surface area contributed by atoms with Crippen molar-refractivity contribution in [3.8, 4) is 23.7 Å². The number of oxime groups is 1. The third-order valence-electron chi connectivity index (χ3n) is 4.75. The average molecular weight is 498 g/mol. The van der Waals surface area contributed by atoms with E-state index in [0.29, 0.717) is 28.0 Å². The summed E-state index contributed by atoms with van der Waals surface area (Å²) in [7, 11) is 0. The first-order chi connectivity index (χ1) is 16.4. The number of fused-ring (bicyclic) bond motifs is 1. The Morgan fingerprint density at radius 2 is 1.35 bits per heavy atom. The second-order valence-corrected chi connectivity index (χ2v) is 9.40. The van der Waals surface area contributed by atoms with E-state index in [-0.39, 0.29) is 11.1 Å². The molecule has 0 aliphatic heterocycles. The molecule has 0 fully saturated rings. The predicted octanol–water partition coefficient (Wildman–Crippen LogP) is 7.08. The Labute approximate surface area is 201 Å². The molecule has 0 amide bonds. The van der Waals surface area contributed by atoms with Gasteiger partial charge < -0.3 is 5.21 Å². The van der Waals surface area contributed by atoms with Crippen LogP contribution >= 0.6 is 22.7 Å². The van der Waals surface area contributed by atoms with Crippen LogP contribution in [0.2, 0.25) is 0 Å². The highest BCUT2D eigenvalue weighted by molar-refractivity contribution is 7.28. The van der Waals surface area contributed by atoms with Crippen molar-refractivity contribution in [2.24, 2.45) is 5.16 Å². The van der Waals surface area contributed by atoms with Crippen LogP contribution in [0, 0.1) is 47.0 Å². The molecule has 0 radical (unpaired) electrons. The maximum Gasteiger partial charge on any atom is 0.142 e. The fourth-order valence-electron chi connectivity index (χ4n) is 3.23. The summed E-state index contributed by atoms with van der Waals surface area (Å²) in [5, 5.41) is 11.1. The summed E-state index contributed by atoms with van der Waals surface area (Å²) < 4.78 is 58.1. The smallest absolute Gasteiger partial charge is 0.142 e. The number of hydrogen-bond acceptors (Lipinski definition) is 4. The van der Waals surface area contributed by atoms with Crippen LogP contribution in [0.1, 0.15) is 45.4 Å². The Morgan fingerprint density at radius 1 is 0.794 bits per heavy atom. The highest BCUT2D eigenvalue weighted by atomic mass is 32.1. The highest BCUT2D eigenvalue weighted by Crippen LogP contribution is 2.32. The molecule has 2 aromatic carbocycles. The van der Waals surface area contributed by atoms with E-state index in [1.165, 1.54) is 34.8 Å². The lowest BCUT2D eigenvalue weighted by molar-refractivity contribution is 0.321. The summed E-state index contributed by atoms with van der Waals surface area (Å²) >= 11 is 2.73. The van der Waals surface area contributed by atoms with Crippen molar-refractivity contribution in [2.75, 3.05) is 0 Å². The molecule has 2 aromatic heterocycles. The first kappa shape index (κ1) is 23.6. The summed E-state index contributed by atoms with van der Waals surface area (Å²) in [5.74, 6) is 7.90. The summed E-state index contributed by atoms with van der Waals surface area (Å²) in [4.78, 5) is 1.34. The second kappa shape index (κ2) is 10.1. The van der Waals surface area contributed by atoms with E-state index in [4.69, 9.17) is 5.21 Å². The van der Waals surface area contributed by atoms with Crippen LogP contribution in [0.25, 0.3) is 9.40 Å². The maximum atomic E-state index is 14.3. The van der Waals surface area contributed by atoms with Gasteiger partial charge in [0.15, 0.2) is 0 Å². The van der Waals surface area contributed by atoms with Crippen LogP contribution in [0.15, 0.2) is 41.6 Å². The molecule has 2 heterocycles. The molecular formula is C26H15F4NOS2. The lowest BCUT2D eigenvalue weighted by Gasteiger charge is -2.02. The Morgan fingerprint density at radius 3 is 1.88 bits per heavy atom.